The number of rotatable bonds is 5. The van der Waals surface area contributed by atoms with Gasteiger partial charge in [-0.05, 0) is 29.2 Å². The summed E-state index contributed by atoms with van der Waals surface area (Å²) in [7, 11) is 0. The Morgan fingerprint density at radius 2 is 1.71 bits per heavy atom. The number of hydrogen-bond donors (Lipinski definition) is 2. The van der Waals surface area contributed by atoms with Crippen LogP contribution in [0.3, 0.4) is 0 Å². The molecule has 1 aliphatic heterocycles. The lowest BCUT2D eigenvalue weighted by atomic mass is 9.92. The zero-order chi connectivity index (χ0) is 20.7. The number of halogens is 1. The van der Waals surface area contributed by atoms with Crippen LogP contribution >= 0.6 is 0 Å². The van der Waals surface area contributed by atoms with Crippen LogP contribution in [0.25, 0.3) is 0 Å². The van der Waals surface area contributed by atoms with Crippen molar-refractivity contribution in [2.45, 2.75) is 51.7 Å². The van der Waals surface area contributed by atoms with Gasteiger partial charge in [-0.2, -0.15) is 0 Å². The van der Waals surface area contributed by atoms with Gasteiger partial charge in [-0.25, -0.2) is 4.39 Å². The molecule has 5 nitrogen and oxygen atoms in total. The van der Waals surface area contributed by atoms with Crippen molar-refractivity contribution in [1.82, 2.24) is 4.90 Å². The van der Waals surface area contributed by atoms with Crippen molar-refractivity contribution >= 4 is 11.8 Å². The zero-order valence-electron chi connectivity index (χ0n) is 16.4. The first-order chi connectivity index (χ1) is 13.5. The molecule has 2 unspecified atom stereocenters. The Kier molecular flexibility index (Phi) is 7.70. The average Bonchev–Trinajstić information content (AvgIpc) is 2.70. The smallest absolute Gasteiger partial charge is 0.240 e. The van der Waals surface area contributed by atoms with Crippen molar-refractivity contribution in [3.8, 4) is 0 Å². The average molecular weight is 385 g/mol. The molecule has 3 rings (SSSR count). The maximum absolute atomic E-state index is 13.8. The second-order valence-corrected chi connectivity index (χ2v) is 6.67. The molecule has 6 heteroatoms. The van der Waals surface area contributed by atoms with Crippen LogP contribution in [0, 0.1) is 5.82 Å². The maximum Gasteiger partial charge on any atom is 0.240 e. The number of amides is 2. The number of nitrogens with zero attached hydrogens (tertiary/aromatic N) is 1. The summed E-state index contributed by atoms with van der Waals surface area (Å²) in [4.78, 5) is 26.1. The van der Waals surface area contributed by atoms with Crippen LogP contribution < -0.4 is 11.5 Å². The van der Waals surface area contributed by atoms with Gasteiger partial charge < -0.3 is 16.4 Å². The number of fused-ring (bicyclic) bond motifs is 1. The van der Waals surface area contributed by atoms with Crippen molar-refractivity contribution in [2.75, 3.05) is 0 Å². The maximum atomic E-state index is 13.8. The summed E-state index contributed by atoms with van der Waals surface area (Å²) in [6.45, 7) is 4.33. The molecule has 2 aromatic rings. The van der Waals surface area contributed by atoms with E-state index in [1.807, 2.05) is 38.1 Å². The van der Waals surface area contributed by atoms with Gasteiger partial charge in [0.25, 0.3) is 0 Å². The van der Waals surface area contributed by atoms with Gasteiger partial charge in [-0.3, -0.25) is 9.59 Å². The molecule has 150 valence electrons. The van der Waals surface area contributed by atoms with Crippen LogP contribution in [0.4, 0.5) is 4.39 Å². The van der Waals surface area contributed by atoms with Crippen molar-refractivity contribution in [2.24, 2.45) is 11.5 Å². The molecule has 0 fully saturated rings. The fraction of sp³-hybridized carbons (Fsp3) is 0.364. The number of benzene rings is 2. The fourth-order valence-electron chi connectivity index (χ4n) is 3.40. The minimum atomic E-state index is -0.682. The Morgan fingerprint density at radius 3 is 2.36 bits per heavy atom. The molecule has 0 saturated heterocycles. The highest BCUT2D eigenvalue weighted by Crippen LogP contribution is 2.24. The molecule has 2 amide bonds. The summed E-state index contributed by atoms with van der Waals surface area (Å²) in [6.07, 6.45) is 0.685. The molecular weight excluding hydrogens is 357 g/mol. The zero-order valence-corrected chi connectivity index (χ0v) is 16.4. The highest BCUT2D eigenvalue weighted by Gasteiger charge is 2.33. The van der Waals surface area contributed by atoms with E-state index in [2.05, 4.69) is 0 Å². The van der Waals surface area contributed by atoms with Crippen LogP contribution in [0.2, 0.25) is 0 Å². The summed E-state index contributed by atoms with van der Waals surface area (Å²) < 4.78 is 13.8. The van der Waals surface area contributed by atoms with Crippen LogP contribution in [-0.4, -0.2) is 28.8 Å². The summed E-state index contributed by atoms with van der Waals surface area (Å²) in [6, 6.07) is 12.8. The molecule has 28 heavy (non-hydrogen) atoms. The van der Waals surface area contributed by atoms with E-state index in [9.17, 15) is 14.0 Å². The number of carbonyl (C=O) groups excluding carboxylic acids is 2. The van der Waals surface area contributed by atoms with Crippen molar-refractivity contribution in [1.29, 1.82) is 0 Å². The number of primary amides is 1. The molecule has 0 bridgehead atoms. The predicted octanol–water partition coefficient (Wildman–Crippen LogP) is 2.55. The van der Waals surface area contributed by atoms with Gasteiger partial charge in [-0.1, -0.05) is 56.3 Å². The standard InChI is InChI=1S/C20H22FN3O2.C2H6/c21-17-8-4-3-6-14(17)9-16(22)11-19(25)24-12-15-7-2-1-5-13(15)10-18(24)20(23)26;1-2/h1-8,16,18H,9-12,22H2,(H2,23,26);1-2H3. The van der Waals surface area contributed by atoms with Gasteiger partial charge in [0, 0.05) is 25.4 Å². The van der Waals surface area contributed by atoms with Gasteiger partial charge in [0.2, 0.25) is 11.8 Å². The van der Waals surface area contributed by atoms with Gasteiger partial charge in [-0.15, -0.1) is 0 Å². The molecular formula is C22H28FN3O2. The van der Waals surface area contributed by atoms with Gasteiger partial charge in [0.15, 0.2) is 0 Å². The Morgan fingerprint density at radius 1 is 1.11 bits per heavy atom. The van der Waals surface area contributed by atoms with Crippen molar-refractivity contribution in [3.63, 3.8) is 0 Å². The van der Waals surface area contributed by atoms with Crippen LogP contribution in [0.5, 0.6) is 0 Å². The first kappa shape index (κ1) is 21.6. The quantitative estimate of drug-likeness (QED) is 0.829. The fourth-order valence-corrected chi connectivity index (χ4v) is 3.40. The lowest BCUT2D eigenvalue weighted by Crippen LogP contribution is -2.52. The Labute approximate surface area is 165 Å². The first-order valence-electron chi connectivity index (χ1n) is 9.60. The second kappa shape index (κ2) is 9.99. The molecule has 1 aliphatic rings. The normalized spacial score (nSPS) is 16.4. The largest absolute Gasteiger partial charge is 0.368 e. The van der Waals surface area contributed by atoms with Crippen molar-refractivity contribution in [3.05, 3.63) is 71.0 Å². The van der Waals surface area contributed by atoms with Crippen LogP contribution in [0.1, 0.15) is 37.0 Å². The molecule has 0 aromatic heterocycles. The van der Waals surface area contributed by atoms with Gasteiger partial charge >= 0.3 is 0 Å². The van der Waals surface area contributed by atoms with Gasteiger partial charge in [0.1, 0.15) is 11.9 Å². The SMILES string of the molecule is CC.NC(=O)C1Cc2ccccc2CN1C(=O)CC(N)Cc1ccccc1F. The molecule has 0 saturated carbocycles. The Bertz CT molecular complexity index is 825. The van der Waals surface area contributed by atoms with Crippen LogP contribution in [-0.2, 0) is 29.0 Å². The second-order valence-electron chi connectivity index (χ2n) is 6.67. The molecule has 2 aromatic carbocycles. The number of carbonyl (C=O) groups is 2. The van der Waals surface area contributed by atoms with E-state index in [4.69, 9.17) is 11.5 Å². The third kappa shape index (κ3) is 5.16. The van der Waals surface area contributed by atoms with E-state index in [0.29, 0.717) is 18.5 Å². The van der Waals surface area contributed by atoms with Crippen molar-refractivity contribution < 1.29 is 14.0 Å². The van der Waals surface area contributed by atoms with E-state index in [1.54, 1.807) is 18.2 Å². The minimum absolute atomic E-state index is 0.0281. The monoisotopic (exact) mass is 385 g/mol. The lowest BCUT2D eigenvalue weighted by Gasteiger charge is -2.35. The Balaban J connectivity index is 0.00000136. The topological polar surface area (TPSA) is 89.4 Å². The summed E-state index contributed by atoms with van der Waals surface area (Å²) in [5.41, 5.74) is 14.1. The lowest BCUT2D eigenvalue weighted by molar-refractivity contribution is -0.140. The summed E-state index contributed by atoms with van der Waals surface area (Å²) in [5, 5.41) is 0. The Hall–Kier alpha value is -2.73. The number of nitrogens with two attached hydrogens (primary N) is 2. The summed E-state index contributed by atoms with van der Waals surface area (Å²) >= 11 is 0. The van der Waals surface area contributed by atoms with E-state index in [0.717, 1.165) is 11.1 Å². The van der Waals surface area contributed by atoms with E-state index in [-0.39, 0.29) is 24.6 Å². The third-order valence-electron chi connectivity index (χ3n) is 4.77. The van der Waals surface area contributed by atoms with E-state index < -0.39 is 18.0 Å². The molecule has 2 atom stereocenters. The van der Waals surface area contributed by atoms with Gasteiger partial charge in [0.05, 0.1) is 0 Å². The number of hydrogen-bond acceptors (Lipinski definition) is 3. The molecule has 0 aliphatic carbocycles. The highest BCUT2D eigenvalue weighted by atomic mass is 19.1. The first-order valence-corrected chi connectivity index (χ1v) is 9.60. The molecule has 1 heterocycles. The molecule has 4 N–H and O–H groups in total. The predicted molar refractivity (Wildman–Crippen MR) is 108 cm³/mol. The summed E-state index contributed by atoms with van der Waals surface area (Å²) in [5.74, 6) is -1.11. The minimum Gasteiger partial charge on any atom is -0.368 e. The van der Waals surface area contributed by atoms with Crippen LogP contribution in [0.15, 0.2) is 48.5 Å². The van der Waals surface area contributed by atoms with E-state index in [1.165, 1.54) is 11.0 Å². The molecule has 0 radical (unpaired) electrons. The van der Waals surface area contributed by atoms with E-state index >= 15 is 0 Å². The third-order valence-corrected chi connectivity index (χ3v) is 4.77. The highest BCUT2D eigenvalue weighted by molar-refractivity contribution is 5.87. The molecule has 0 spiro atoms.